The second-order valence-electron chi connectivity index (χ2n) is 7.38. The van der Waals surface area contributed by atoms with Crippen LogP contribution < -0.4 is 4.90 Å². The Labute approximate surface area is 155 Å². The maximum Gasteiger partial charge on any atom is 0.303 e. The van der Waals surface area contributed by atoms with Crippen LogP contribution in [0.2, 0.25) is 0 Å². The largest absolute Gasteiger partial charge is 0.454 e. The number of esters is 1. The molecule has 0 atom stereocenters. The number of carbonyl (C=O) groups excluding carboxylic acids is 1. The molecule has 0 N–H and O–H groups in total. The van der Waals surface area contributed by atoms with Crippen LogP contribution in [0, 0.1) is 0 Å². The number of ether oxygens (including phenoxy) is 1. The summed E-state index contributed by atoms with van der Waals surface area (Å²) in [5.74, 6) is -0.192. The highest BCUT2D eigenvalue weighted by molar-refractivity contribution is 5.67. The summed E-state index contributed by atoms with van der Waals surface area (Å²) in [4.78, 5) is 16.3. The van der Waals surface area contributed by atoms with E-state index in [4.69, 9.17) is 4.74 Å². The molecule has 0 aromatic heterocycles. The first-order valence-electron chi connectivity index (χ1n) is 9.46. The Hall–Kier alpha value is -2.33. The van der Waals surface area contributed by atoms with Crippen molar-refractivity contribution in [1.82, 2.24) is 4.90 Å². The normalized spacial score (nSPS) is 19.2. The van der Waals surface area contributed by atoms with Gasteiger partial charge in [-0.2, -0.15) is 0 Å². The number of carbonyl (C=O) groups is 1. The van der Waals surface area contributed by atoms with Crippen LogP contribution in [0.4, 0.5) is 5.69 Å². The summed E-state index contributed by atoms with van der Waals surface area (Å²) in [7, 11) is 0. The van der Waals surface area contributed by atoms with Crippen molar-refractivity contribution >= 4 is 11.7 Å². The number of rotatable bonds is 5. The van der Waals surface area contributed by atoms with E-state index in [1.54, 1.807) is 0 Å². The lowest BCUT2D eigenvalue weighted by atomic mass is 10.0. The zero-order valence-corrected chi connectivity index (χ0v) is 15.4. The van der Waals surface area contributed by atoms with E-state index >= 15 is 0 Å². The van der Waals surface area contributed by atoms with Crippen molar-refractivity contribution in [2.75, 3.05) is 31.1 Å². The van der Waals surface area contributed by atoms with Crippen LogP contribution in [0.3, 0.4) is 0 Å². The lowest BCUT2D eigenvalue weighted by Gasteiger charge is -2.36. The number of nitrogens with zero attached hydrogens (tertiary/aromatic N) is 2. The van der Waals surface area contributed by atoms with E-state index in [9.17, 15) is 4.79 Å². The van der Waals surface area contributed by atoms with Crippen LogP contribution in [0.5, 0.6) is 0 Å². The van der Waals surface area contributed by atoms with Gasteiger partial charge < -0.3 is 9.64 Å². The first-order valence-corrected chi connectivity index (χ1v) is 9.46. The second kappa shape index (κ2) is 7.12. The lowest BCUT2D eigenvalue weighted by Crippen LogP contribution is -2.45. The number of piperazine rings is 1. The Morgan fingerprint density at radius 3 is 2.19 bits per heavy atom. The van der Waals surface area contributed by atoms with Gasteiger partial charge in [-0.05, 0) is 36.1 Å². The summed E-state index contributed by atoms with van der Waals surface area (Å²) in [6.07, 6.45) is 1.88. The molecule has 1 heterocycles. The first-order chi connectivity index (χ1) is 12.6. The fourth-order valence-electron chi connectivity index (χ4n) is 3.81. The molecule has 26 heavy (non-hydrogen) atoms. The quantitative estimate of drug-likeness (QED) is 0.772. The van der Waals surface area contributed by atoms with Gasteiger partial charge in [0.2, 0.25) is 0 Å². The molecule has 0 unspecified atom stereocenters. The third-order valence-electron chi connectivity index (χ3n) is 5.42. The van der Waals surface area contributed by atoms with Crippen LogP contribution >= 0.6 is 0 Å². The molecule has 4 heteroatoms. The number of benzene rings is 2. The Kier molecular flexibility index (Phi) is 4.68. The highest BCUT2D eigenvalue weighted by atomic mass is 16.6. The molecule has 2 aromatic carbocycles. The fourth-order valence-corrected chi connectivity index (χ4v) is 3.81. The summed E-state index contributed by atoms with van der Waals surface area (Å²) in [5.41, 5.74) is 3.42. The maximum absolute atomic E-state index is 11.3. The first kappa shape index (κ1) is 17.1. The summed E-state index contributed by atoms with van der Waals surface area (Å²) >= 11 is 0. The summed E-state index contributed by atoms with van der Waals surface area (Å²) < 4.78 is 5.52. The van der Waals surface area contributed by atoms with Gasteiger partial charge in [0.1, 0.15) is 5.60 Å². The van der Waals surface area contributed by atoms with Crippen LogP contribution in [-0.4, -0.2) is 37.0 Å². The van der Waals surface area contributed by atoms with Gasteiger partial charge in [-0.1, -0.05) is 42.5 Å². The van der Waals surface area contributed by atoms with Crippen molar-refractivity contribution in [1.29, 1.82) is 0 Å². The number of anilines is 1. The van der Waals surface area contributed by atoms with Gasteiger partial charge in [0.05, 0.1) is 0 Å². The van der Waals surface area contributed by atoms with Gasteiger partial charge in [-0.15, -0.1) is 0 Å². The predicted molar refractivity (Wildman–Crippen MR) is 103 cm³/mol. The van der Waals surface area contributed by atoms with Crippen molar-refractivity contribution in [3.8, 4) is 0 Å². The van der Waals surface area contributed by atoms with Crippen LogP contribution in [-0.2, 0) is 21.7 Å². The van der Waals surface area contributed by atoms with Crippen LogP contribution in [0.25, 0.3) is 0 Å². The number of hydrogen-bond acceptors (Lipinski definition) is 4. The average Bonchev–Trinajstić information content (AvgIpc) is 3.43. The van der Waals surface area contributed by atoms with E-state index in [1.165, 1.54) is 18.2 Å². The summed E-state index contributed by atoms with van der Waals surface area (Å²) in [5, 5.41) is 0. The highest BCUT2D eigenvalue weighted by Crippen LogP contribution is 2.49. The van der Waals surface area contributed by atoms with Crippen molar-refractivity contribution in [3.63, 3.8) is 0 Å². The van der Waals surface area contributed by atoms with Crippen LogP contribution in [0.1, 0.15) is 30.9 Å². The van der Waals surface area contributed by atoms with E-state index in [0.717, 1.165) is 51.1 Å². The predicted octanol–water partition coefficient (Wildman–Crippen LogP) is 3.56. The molecule has 2 aliphatic rings. The molecule has 0 radical (unpaired) electrons. The average molecular weight is 350 g/mol. The van der Waals surface area contributed by atoms with E-state index in [0.29, 0.717) is 0 Å². The molecule has 1 aliphatic carbocycles. The molecule has 4 rings (SSSR count). The smallest absolute Gasteiger partial charge is 0.303 e. The molecule has 0 bridgehead atoms. The Bertz CT molecular complexity index is 745. The third kappa shape index (κ3) is 3.75. The molecule has 0 amide bonds. The van der Waals surface area contributed by atoms with Gasteiger partial charge in [0, 0.05) is 45.3 Å². The molecule has 2 aromatic rings. The molecule has 0 spiro atoms. The molecular formula is C22H26N2O2. The molecular weight excluding hydrogens is 324 g/mol. The highest BCUT2D eigenvalue weighted by Gasteiger charge is 2.47. The Morgan fingerprint density at radius 1 is 0.962 bits per heavy atom. The van der Waals surface area contributed by atoms with Gasteiger partial charge in [-0.25, -0.2) is 0 Å². The van der Waals surface area contributed by atoms with Gasteiger partial charge in [0.25, 0.3) is 0 Å². The van der Waals surface area contributed by atoms with Gasteiger partial charge >= 0.3 is 5.97 Å². The molecule has 136 valence electrons. The van der Waals surface area contributed by atoms with Crippen molar-refractivity contribution in [2.24, 2.45) is 0 Å². The molecule has 4 nitrogen and oxygen atoms in total. The maximum atomic E-state index is 11.3. The zero-order valence-electron chi connectivity index (χ0n) is 15.4. The third-order valence-corrected chi connectivity index (χ3v) is 5.42. The van der Waals surface area contributed by atoms with Crippen LogP contribution in [0.15, 0.2) is 54.6 Å². The van der Waals surface area contributed by atoms with E-state index in [2.05, 4.69) is 64.4 Å². The summed E-state index contributed by atoms with van der Waals surface area (Å²) in [6.45, 7) is 6.75. The van der Waals surface area contributed by atoms with E-state index in [-0.39, 0.29) is 11.6 Å². The van der Waals surface area contributed by atoms with Gasteiger partial charge in [0.15, 0.2) is 0 Å². The molecule has 2 fully saturated rings. The van der Waals surface area contributed by atoms with Gasteiger partial charge in [-0.3, -0.25) is 9.69 Å². The Morgan fingerprint density at radius 2 is 1.62 bits per heavy atom. The number of hydrogen-bond donors (Lipinski definition) is 0. The second-order valence-corrected chi connectivity index (χ2v) is 7.38. The topological polar surface area (TPSA) is 32.8 Å². The van der Waals surface area contributed by atoms with Crippen molar-refractivity contribution in [3.05, 3.63) is 65.7 Å². The Balaban J connectivity index is 1.32. The standard InChI is InChI=1S/C22H26N2O2/c1-18(25)26-22(11-12-22)20-9-7-19(8-10-20)17-23-13-15-24(16-14-23)21-5-3-2-4-6-21/h2-10H,11-17H2,1H3. The molecule has 1 aliphatic heterocycles. The minimum atomic E-state index is -0.342. The van der Waals surface area contributed by atoms with E-state index < -0.39 is 0 Å². The van der Waals surface area contributed by atoms with E-state index in [1.807, 2.05) is 0 Å². The fraction of sp³-hybridized carbons (Fsp3) is 0.409. The lowest BCUT2D eigenvalue weighted by molar-refractivity contribution is -0.149. The summed E-state index contributed by atoms with van der Waals surface area (Å²) in [6, 6.07) is 19.3. The zero-order chi connectivity index (χ0) is 18.0. The van der Waals surface area contributed by atoms with Crippen molar-refractivity contribution < 1.29 is 9.53 Å². The monoisotopic (exact) mass is 350 g/mol. The minimum absolute atomic E-state index is 0.192. The minimum Gasteiger partial charge on any atom is -0.454 e. The SMILES string of the molecule is CC(=O)OC1(c2ccc(CN3CCN(c4ccccc4)CC3)cc2)CC1. The molecule has 1 saturated heterocycles. The molecule has 1 saturated carbocycles. The number of para-hydroxylation sites is 1. The van der Waals surface area contributed by atoms with Crippen molar-refractivity contribution in [2.45, 2.75) is 31.9 Å².